The summed E-state index contributed by atoms with van der Waals surface area (Å²) >= 11 is 0. The molecule has 0 amide bonds. The molecule has 27 heavy (non-hydrogen) atoms. The fourth-order valence-corrected chi connectivity index (χ4v) is 3.58. The first-order valence-corrected chi connectivity index (χ1v) is 9.27. The Balaban J connectivity index is 1.60. The molecule has 0 atom stereocenters. The fourth-order valence-electron chi connectivity index (χ4n) is 3.58. The largest absolute Gasteiger partial charge is 0.494 e. The van der Waals surface area contributed by atoms with Crippen LogP contribution in [0.2, 0.25) is 0 Å². The summed E-state index contributed by atoms with van der Waals surface area (Å²) in [5.41, 5.74) is 2.54. The maximum Gasteiger partial charge on any atom is 0.183 e. The Morgan fingerprint density at radius 1 is 1.04 bits per heavy atom. The predicted molar refractivity (Wildman–Crippen MR) is 103 cm³/mol. The Morgan fingerprint density at radius 2 is 1.81 bits per heavy atom. The van der Waals surface area contributed by atoms with Crippen molar-refractivity contribution < 1.29 is 9.47 Å². The van der Waals surface area contributed by atoms with E-state index in [1.54, 1.807) is 12.4 Å². The Bertz CT molecular complexity index is 889. The summed E-state index contributed by atoms with van der Waals surface area (Å²) in [5.74, 6) is 1.61. The number of nitrogens with one attached hydrogen (secondary N) is 1. The molecule has 3 aromatic rings. The molecule has 3 heterocycles. The highest BCUT2D eigenvalue weighted by atomic mass is 16.5. The van der Waals surface area contributed by atoms with E-state index in [4.69, 9.17) is 9.47 Å². The molecule has 0 unspecified atom stereocenters. The molecule has 0 aliphatic carbocycles. The van der Waals surface area contributed by atoms with Crippen molar-refractivity contribution in [3.63, 3.8) is 0 Å². The van der Waals surface area contributed by atoms with Crippen molar-refractivity contribution in [2.45, 2.75) is 25.2 Å². The monoisotopic (exact) mass is 365 g/mol. The lowest BCUT2D eigenvalue weighted by Crippen LogP contribution is -2.40. The molecule has 1 saturated heterocycles. The number of benzene rings is 1. The standard InChI is InChI=1S/C20H23N5O2/c1-2-27-16-5-3-15(4-6-16)20(7-11-26-12-8-20)13-23-19-17-18(24-14-25-19)22-10-9-21-17/h3-6,9-10,14H,2,7-8,11-13H2,1H3,(H,22,23,24,25). The molecule has 1 N–H and O–H groups in total. The predicted octanol–water partition coefficient (Wildman–Crippen LogP) is 2.98. The average molecular weight is 365 g/mol. The van der Waals surface area contributed by atoms with E-state index in [1.165, 1.54) is 11.9 Å². The molecule has 1 aliphatic heterocycles. The van der Waals surface area contributed by atoms with Crippen molar-refractivity contribution in [3.8, 4) is 5.75 Å². The van der Waals surface area contributed by atoms with Gasteiger partial charge in [0.15, 0.2) is 11.5 Å². The van der Waals surface area contributed by atoms with Crippen LogP contribution in [0, 0.1) is 0 Å². The highest BCUT2D eigenvalue weighted by Crippen LogP contribution is 2.36. The lowest BCUT2D eigenvalue weighted by Gasteiger charge is -2.38. The summed E-state index contributed by atoms with van der Waals surface area (Å²) in [5, 5.41) is 3.50. The van der Waals surface area contributed by atoms with Crippen LogP contribution in [0.5, 0.6) is 5.75 Å². The van der Waals surface area contributed by atoms with Gasteiger partial charge in [0.25, 0.3) is 0 Å². The van der Waals surface area contributed by atoms with Gasteiger partial charge in [-0.1, -0.05) is 12.1 Å². The third kappa shape index (κ3) is 3.68. The van der Waals surface area contributed by atoms with Gasteiger partial charge in [0, 0.05) is 37.6 Å². The molecule has 0 bridgehead atoms. The number of nitrogens with zero attached hydrogens (tertiary/aromatic N) is 4. The smallest absolute Gasteiger partial charge is 0.183 e. The van der Waals surface area contributed by atoms with Crippen LogP contribution in [0.25, 0.3) is 11.2 Å². The van der Waals surface area contributed by atoms with Gasteiger partial charge >= 0.3 is 0 Å². The quantitative estimate of drug-likeness (QED) is 0.719. The number of aromatic nitrogens is 4. The first kappa shape index (κ1) is 17.6. The van der Waals surface area contributed by atoms with E-state index in [-0.39, 0.29) is 5.41 Å². The summed E-state index contributed by atoms with van der Waals surface area (Å²) in [4.78, 5) is 17.2. The topological polar surface area (TPSA) is 82.0 Å². The molecule has 4 rings (SSSR count). The first-order chi connectivity index (χ1) is 13.3. The minimum Gasteiger partial charge on any atom is -0.494 e. The van der Waals surface area contributed by atoms with Gasteiger partial charge in [-0.05, 0) is 37.5 Å². The minimum absolute atomic E-state index is 0.0253. The third-order valence-electron chi connectivity index (χ3n) is 5.09. The van der Waals surface area contributed by atoms with Gasteiger partial charge in [-0.3, -0.25) is 0 Å². The molecular weight excluding hydrogens is 342 g/mol. The van der Waals surface area contributed by atoms with Crippen LogP contribution >= 0.6 is 0 Å². The van der Waals surface area contributed by atoms with Crippen LogP contribution in [0.3, 0.4) is 0 Å². The van der Waals surface area contributed by atoms with Crippen LogP contribution in [0.1, 0.15) is 25.3 Å². The molecule has 0 saturated carbocycles. The summed E-state index contributed by atoms with van der Waals surface area (Å²) in [7, 11) is 0. The van der Waals surface area contributed by atoms with Gasteiger partial charge < -0.3 is 14.8 Å². The lowest BCUT2D eigenvalue weighted by atomic mass is 9.74. The van der Waals surface area contributed by atoms with Crippen molar-refractivity contribution in [1.29, 1.82) is 0 Å². The third-order valence-corrected chi connectivity index (χ3v) is 5.09. The normalized spacial score (nSPS) is 16.2. The van der Waals surface area contributed by atoms with E-state index in [1.807, 2.05) is 19.1 Å². The highest BCUT2D eigenvalue weighted by molar-refractivity contribution is 5.81. The van der Waals surface area contributed by atoms with Crippen molar-refractivity contribution >= 4 is 17.0 Å². The first-order valence-electron chi connectivity index (χ1n) is 9.27. The average Bonchev–Trinajstić information content (AvgIpc) is 2.74. The number of rotatable bonds is 6. The zero-order valence-corrected chi connectivity index (χ0v) is 15.4. The summed E-state index contributed by atoms with van der Waals surface area (Å²) in [6.07, 6.45) is 6.71. The van der Waals surface area contributed by atoms with Crippen LogP contribution in [-0.4, -0.2) is 46.3 Å². The number of anilines is 1. The second-order valence-electron chi connectivity index (χ2n) is 6.65. The molecule has 1 fully saturated rings. The second kappa shape index (κ2) is 7.84. The van der Waals surface area contributed by atoms with E-state index >= 15 is 0 Å². The second-order valence-corrected chi connectivity index (χ2v) is 6.65. The van der Waals surface area contributed by atoms with Gasteiger partial charge in [-0.25, -0.2) is 19.9 Å². The molecule has 140 valence electrons. The van der Waals surface area contributed by atoms with Crippen LogP contribution in [0.4, 0.5) is 5.82 Å². The number of fused-ring (bicyclic) bond motifs is 1. The van der Waals surface area contributed by atoms with Gasteiger partial charge in [0.2, 0.25) is 0 Å². The molecule has 7 heteroatoms. The van der Waals surface area contributed by atoms with Crippen molar-refractivity contribution in [2.24, 2.45) is 0 Å². The van der Waals surface area contributed by atoms with Crippen LogP contribution in [-0.2, 0) is 10.2 Å². The molecule has 2 aromatic heterocycles. The molecule has 7 nitrogen and oxygen atoms in total. The lowest BCUT2D eigenvalue weighted by molar-refractivity contribution is 0.0543. The zero-order valence-electron chi connectivity index (χ0n) is 15.4. The number of hydrogen-bond acceptors (Lipinski definition) is 7. The van der Waals surface area contributed by atoms with E-state index < -0.39 is 0 Å². The minimum atomic E-state index is -0.0253. The van der Waals surface area contributed by atoms with Crippen molar-refractivity contribution in [1.82, 2.24) is 19.9 Å². The Hall–Kier alpha value is -2.80. The summed E-state index contributed by atoms with van der Waals surface area (Å²) in [6, 6.07) is 8.41. The summed E-state index contributed by atoms with van der Waals surface area (Å²) in [6.45, 7) is 4.90. The van der Waals surface area contributed by atoms with E-state index in [9.17, 15) is 0 Å². The van der Waals surface area contributed by atoms with Crippen LogP contribution < -0.4 is 10.1 Å². The Morgan fingerprint density at radius 3 is 2.59 bits per heavy atom. The maximum atomic E-state index is 5.63. The van der Waals surface area contributed by atoms with Gasteiger partial charge in [0.05, 0.1) is 6.61 Å². The van der Waals surface area contributed by atoms with Crippen molar-refractivity contribution in [2.75, 3.05) is 31.7 Å². The highest BCUT2D eigenvalue weighted by Gasteiger charge is 2.34. The Labute approximate surface area is 158 Å². The van der Waals surface area contributed by atoms with E-state index in [0.29, 0.717) is 23.6 Å². The van der Waals surface area contributed by atoms with Gasteiger partial charge in [-0.15, -0.1) is 0 Å². The Kier molecular flexibility index (Phi) is 5.11. The summed E-state index contributed by atoms with van der Waals surface area (Å²) < 4.78 is 11.2. The zero-order chi connectivity index (χ0) is 18.5. The van der Waals surface area contributed by atoms with Gasteiger partial charge in [-0.2, -0.15) is 0 Å². The van der Waals surface area contributed by atoms with Gasteiger partial charge in [0.1, 0.15) is 17.6 Å². The van der Waals surface area contributed by atoms with Crippen LogP contribution in [0.15, 0.2) is 43.0 Å². The maximum absolute atomic E-state index is 5.63. The van der Waals surface area contributed by atoms with Crippen molar-refractivity contribution in [3.05, 3.63) is 48.5 Å². The van der Waals surface area contributed by atoms with E-state index in [2.05, 4.69) is 37.4 Å². The SMILES string of the molecule is CCOc1ccc(C2(CNc3ncnc4nccnc34)CCOCC2)cc1. The molecule has 0 radical (unpaired) electrons. The van der Waals surface area contributed by atoms with E-state index in [0.717, 1.165) is 38.3 Å². The number of hydrogen-bond donors (Lipinski definition) is 1. The molecule has 0 spiro atoms. The molecular formula is C20H23N5O2. The molecule has 1 aliphatic rings. The fraction of sp³-hybridized carbons (Fsp3) is 0.400. The molecule has 1 aromatic carbocycles. The number of ether oxygens (including phenoxy) is 2.